The molecule has 0 unspecified atom stereocenters. The molecule has 1 aromatic rings. The Hall–Kier alpha value is -0.830. The first-order chi connectivity index (χ1) is 7.74. The summed E-state index contributed by atoms with van der Waals surface area (Å²) in [5.41, 5.74) is 4.22. The second kappa shape index (κ2) is 5.00. The summed E-state index contributed by atoms with van der Waals surface area (Å²) < 4.78 is 2.09. The molecule has 2 heterocycles. The van der Waals surface area contributed by atoms with Crippen LogP contribution in [0.15, 0.2) is 0 Å². The summed E-state index contributed by atoms with van der Waals surface area (Å²) >= 11 is 0. The Bertz CT molecular complexity index is 348. The molecule has 1 N–H and O–H groups in total. The minimum absolute atomic E-state index is 0.679. The second-order valence-electron chi connectivity index (χ2n) is 4.85. The van der Waals surface area contributed by atoms with E-state index in [0.29, 0.717) is 5.92 Å². The summed E-state index contributed by atoms with van der Waals surface area (Å²) in [6.07, 6.45) is 4.83. The molecule has 0 spiro atoms. The van der Waals surface area contributed by atoms with Crippen molar-refractivity contribution in [1.82, 2.24) is 15.1 Å². The molecular formula is C13H23N3. The van der Waals surface area contributed by atoms with Gasteiger partial charge in [0.2, 0.25) is 0 Å². The van der Waals surface area contributed by atoms with Gasteiger partial charge in [-0.05, 0) is 44.8 Å². The first kappa shape index (κ1) is 11.6. The van der Waals surface area contributed by atoms with Crippen molar-refractivity contribution >= 4 is 0 Å². The molecule has 3 nitrogen and oxygen atoms in total. The molecule has 1 aromatic heterocycles. The summed E-state index contributed by atoms with van der Waals surface area (Å²) in [5, 5.41) is 8.16. The fourth-order valence-corrected chi connectivity index (χ4v) is 2.76. The summed E-state index contributed by atoms with van der Waals surface area (Å²) in [6, 6.07) is 0. The predicted octanol–water partition coefficient (Wildman–Crippen LogP) is 2.15. The zero-order valence-electron chi connectivity index (χ0n) is 10.7. The molecule has 1 aliphatic rings. The molecule has 90 valence electrons. The Morgan fingerprint density at radius 3 is 2.69 bits per heavy atom. The fraction of sp³-hybridized carbons (Fsp3) is 0.769. The van der Waals surface area contributed by atoms with Gasteiger partial charge in [-0.1, -0.05) is 13.3 Å². The van der Waals surface area contributed by atoms with Gasteiger partial charge in [0.15, 0.2) is 0 Å². The normalized spacial score (nSPS) is 17.9. The van der Waals surface area contributed by atoms with Crippen LogP contribution in [0.1, 0.15) is 49.1 Å². The highest BCUT2D eigenvalue weighted by atomic mass is 15.3. The highest BCUT2D eigenvalue weighted by Gasteiger charge is 2.22. The lowest BCUT2D eigenvalue weighted by atomic mass is 9.91. The van der Waals surface area contributed by atoms with E-state index in [4.69, 9.17) is 5.10 Å². The Morgan fingerprint density at radius 1 is 1.38 bits per heavy atom. The van der Waals surface area contributed by atoms with Crippen molar-refractivity contribution in [3.8, 4) is 0 Å². The van der Waals surface area contributed by atoms with E-state index >= 15 is 0 Å². The smallest absolute Gasteiger partial charge is 0.0688 e. The summed E-state index contributed by atoms with van der Waals surface area (Å²) in [5.74, 6) is 0.679. The maximum absolute atomic E-state index is 4.74. The van der Waals surface area contributed by atoms with Crippen LogP contribution in [0.25, 0.3) is 0 Å². The maximum Gasteiger partial charge on any atom is 0.0688 e. The lowest BCUT2D eigenvalue weighted by Crippen LogP contribution is -2.27. The van der Waals surface area contributed by atoms with Gasteiger partial charge in [0.05, 0.1) is 5.69 Å². The van der Waals surface area contributed by atoms with Crippen LogP contribution in [-0.2, 0) is 13.5 Å². The van der Waals surface area contributed by atoms with Crippen LogP contribution in [0.4, 0.5) is 0 Å². The molecule has 16 heavy (non-hydrogen) atoms. The Morgan fingerprint density at radius 2 is 2.06 bits per heavy atom. The zero-order chi connectivity index (χ0) is 11.5. The third kappa shape index (κ3) is 2.14. The Kier molecular flexibility index (Phi) is 3.64. The number of hydrogen-bond donors (Lipinski definition) is 1. The Labute approximate surface area is 98.2 Å². The van der Waals surface area contributed by atoms with Gasteiger partial charge < -0.3 is 5.32 Å². The molecule has 0 amide bonds. The van der Waals surface area contributed by atoms with E-state index in [1.54, 1.807) is 0 Å². The van der Waals surface area contributed by atoms with Crippen molar-refractivity contribution in [1.29, 1.82) is 0 Å². The quantitative estimate of drug-likeness (QED) is 0.847. The molecule has 0 atom stereocenters. The SMILES string of the molecule is CCCc1c(C)c(C2CCNCC2)nn1C. The average Bonchev–Trinajstić information content (AvgIpc) is 2.59. The molecule has 1 fully saturated rings. The zero-order valence-corrected chi connectivity index (χ0v) is 10.7. The molecule has 0 bridgehead atoms. The number of rotatable bonds is 3. The van der Waals surface area contributed by atoms with E-state index in [1.165, 1.54) is 36.2 Å². The van der Waals surface area contributed by atoms with E-state index in [2.05, 4.69) is 30.9 Å². The molecule has 0 aliphatic carbocycles. The molecule has 0 saturated carbocycles. The molecule has 0 radical (unpaired) electrons. The van der Waals surface area contributed by atoms with Gasteiger partial charge in [0, 0.05) is 18.7 Å². The lowest BCUT2D eigenvalue weighted by Gasteiger charge is -2.21. The Balaban J connectivity index is 2.23. The molecule has 1 saturated heterocycles. The van der Waals surface area contributed by atoms with Crippen molar-refractivity contribution < 1.29 is 0 Å². The third-order valence-corrected chi connectivity index (χ3v) is 3.68. The first-order valence-electron chi connectivity index (χ1n) is 6.47. The second-order valence-corrected chi connectivity index (χ2v) is 4.85. The van der Waals surface area contributed by atoms with Gasteiger partial charge >= 0.3 is 0 Å². The number of aryl methyl sites for hydroxylation is 1. The van der Waals surface area contributed by atoms with Crippen LogP contribution >= 0.6 is 0 Å². The van der Waals surface area contributed by atoms with Crippen LogP contribution in [0.2, 0.25) is 0 Å². The van der Waals surface area contributed by atoms with Crippen molar-refractivity contribution in [3.63, 3.8) is 0 Å². The largest absolute Gasteiger partial charge is 0.317 e. The van der Waals surface area contributed by atoms with Crippen molar-refractivity contribution in [3.05, 3.63) is 17.0 Å². The number of nitrogens with zero attached hydrogens (tertiary/aromatic N) is 2. The summed E-state index contributed by atoms with van der Waals surface area (Å²) in [6.45, 7) is 6.76. The lowest BCUT2D eigenvalue weighted by molar-refractivity contribution is 0.448. The predicted molar refractivity (Wildman–Crippen MR) is 66.8 cm³/mol. The summed E-state index contributed by atoms with van der Waals surface area (Å²) in [7, 11) is 2.09. The van der Waals surface area contributed by atoms with Crippen molar-refractivity contribution in [2.45, 2.75) is 45.4 Å². The van der Waals surface area contributed by atoms with E-state index < -0.39 is 0 Å². The minimum atomic E-state index is 0.679. The number of piperidine rings is 1. The van der Waals surface area contributed by atoms with Gasteiger partial charge in [0.25, 0.3) is 0 Å². The van der Waals surface area contributed by atoms with E-state index in [-0.39, 0.29) is 0 Å². The van der Waals surface area contributed by atoms with Gasteiger partial charge in [-0.25, -0.2) is 0 Å². The van der Waals surface area contributed by atoms with Crippen LogP contribution in [-0.4, -0.2) is 22.9 Å². The van der Waals surface area contributed by atoms with E-state index in [9.17, 15) is 0 Å². The van der Waals surface area contributed by atoms with E-state index in [0.717, 1.165) is 19.5 Å². The monoisotopic (exact) mass is 221 g/mol. The highest BCUT2D eigenvalue weighted by Crippen LogP contribution is 2.28. The van der Waals surface area contributed by atoms with Gasteiger partial charge in [-0.3, -0.25) is 4.68 Å². The van der Waals surface area contributed by atoms with Crippen LogP contribution in [0, 0.1) is 6.92 Å². The van der Waals surface area contributed by atoms with Gasteiger partial charge in [-0.2, -0.15) is 5.10 Å². The molecule has 3 heteroatoms. The van der Waals surface area contributed by atoms with Crippen LogP contribution in [0.3, 0.4) is 0 Å². The van der Waals surface area contributed by atoms with Crippen LogP contribution in [0.5, 0.6) is 0 Å². The van der Waals surface area contributed by atoms with E-state index in [1.807, 2.05) is 0 Å². The number of aromatic nitrogens is 2. The molecular weight excluding hydrogens is 198 g/mol. The summed E-state index contributed by atoms with van der Waals surface area (Å²) in [4.78, 5) is 0. The number of hydrogen-bond acceptors (Lipinski definition) is 2. The highest BCUT2D eigenvalue weighted by molar-refractivity contribution is 5.28. The third-order valence-electron chi connectivity index (χ3n) is 3.68. The van der Waals surface area contributed by atoms with Crippen LogP contribution < -0.4 is 5.32 Å². The fourth-order valence-electron chi connectivity index (χ4n) is 2.76. The average molecular weight is 221 g/mol. The number of nitrogens with one attached hydrogen (secondary N) is 1. The molecule has 0 aromatic carbocycles. The minimum Gasteiger partial charge on any atom is -0.317 e. The van der Waals surface area contributed by atoms with Gasteiger partial charge in [0.1, 0.15) is 0 Å². The topological polar surface area (TPSA) is 29.9 Å². The van der Waals surface area contributed by atoms with Crippen molar-refractivity contribution in [2.75, 3.05) is 13.1 Å². The standard InChI is InChI=1S/C13H23N3/c1-4-5-12-10(2)13(15-16(12)3)11-6-8-14-9-7-11/h11,14H,4-9H2,1-3H3. The molecule has 1 aliphatic heterocycles. The van der Waals surface area contributed by atoms with Gasteiger partial charge in [-0.15, -0.1) is 0 Å². The van der Waals surface area contributed by atoms with Crippen molar-refractivity contribution in [2.24, 2.45) is 7.05 Å². The first-order valence-corrected chi connectivity index (χ1v) is 6.47. The molecule has 2 rings (SSSR count). The maximum atomic E-state index is 4.74.